The molecule has 144 valence electrons. The lowest BCUT2D eigenvalue weighted by molar-refractivity contribution is -0.132. The third-order valence-electron chi connectivity index (χ3n) is 3.54. The zero-order chi connectivity index (χ0) is 20.0. The van der Waals surface area contributed by atoms with Crippen molar-refractivity contribution in [2.75, 3.05) is 18.9 Å². The number of halogens is 4. The molecule has 0 aromatic heterocycles. The molecular weight excluding hydrogens is 401 g/mol. The zero-order valence-electron chi connectivity index (χ0n) is 14.2. The maximum atomic E-state index is 12.2. The van der Waals surface area contributed by atoms with Gasteiger partial charge in [0.05, 0.1) is 28.7 Å². The van der Waals surface area contributed by atoms with Crippen molar-refractivity contribution < 1.29 is 23.1 Å². The molecule has 0 aliphatic heterocycles. The van der Waals surface area contributed by atoms with E-state index >= 15 is 0 Å². The molecule has 0 radical (unpaired) electrons. The lowest BCUT2D eigenvalue weighted by Crippen LogP contribution is -2.35. The average Bonchev–Trinajstić information content (AvgIpc) is 2.59. The molecule has 0 spiro atoms. The standard InChI is InChI=1S/C18H16Cl2F2N2O3/c1-24(10-15(25)23-17-13(19)3-2-4-14(17)20)16(26)9-11-5-7-12(8-6-11)27-18(21)22/h2-8,18H,9-10H2,1H3,(H,23,25). The molecule has 1 N–H and O–H groups in total. The van der Waals surface area contributed by atoms with Gasteiger partial charge in [0.25, 0.3) is 0 Å². The van der Waals surface area contributed by atoms with E-state index in [1.807, 2.05) is 0 Å². The largest absolute Gasteiger partial charge is 0.435 e. The highest BCUT2D eigenvalue weighted by atomic mass is 35.5. The van der Waals surface area contributed by atoms with Crippen molar-refractivity contribution in [1.29, 1.82) is 0 Å². The fraction of sp³-hybridized carbons (Fsp3) is 0.222. The predicted octanol–water partition coefficient (Wildman–Crippen LogP) is 4.23. The van der Waals surface area contributed by atoms with Crippen LogP contribution in [0.5, 0.6) is 5.75 Å². The van der Waals surface area contributed by atoms with Gasteiger partial charge in [-0.25, -0.2) is 0 Å². The molecule has 0 bridgehead atoms. The van der Waals surface area contributed by atoms with E-state index in [1.54, 1.807) is 18.2 Å². The summed E-state index contributed by atoms with van der Waals surface area (Å²) in [5.74, 6) is -0.773. The van der Waals surface area contributed by atoms with Crippen LogP contribution in [0.3, 0.4) is 0 Å². The maximum Gasteiger partial charge on any atom is 0.387 e. The van der Waals surface area contributed by atoms with Gasteiger partial charge in [-0.05, 0) is 29.8 Å². The molecule has 2 aromatic rings. The molecule has 0 fully saturated rings. The first-order valence-corrected chi connectivity index (χ1v) is 8.53. The molecule has 2 amide bonds. The first kappa shape index (κ1) is 20.9. The van der Waals surface area contributed by atoms with Crippen molar-refractivity contribution in [1.82, 2.24) is 4.90 Å². The zero-order valence-corrected chi connectivity index (χ0v) is 15.7. The number of nitrogens with one attached hydrogen (secondary N) is 1. The highest BCUT2D eigenvalue weighted by molar-refractivity contribution is 6.39. The summed E-state index contributed by atoms with van der Waals surface area (Å²) in [5.41, 5.74) is 0.879. The molecule has 0 aliphatic carbocycles. The van der Waals surface area contributed by atoms with E-state index in [-0.39, 0.29) is 40.4 Å². The molecule has 2 rings (SSSR count). The predicted molar refractivity (Wildman–Crippen MR) is 99.5 cm³/mol. The SMILES string of the molecule is CN(CC(=O)Nc1c(Cl)cccc1Cl)C(=O)Cc1ccc(OC(F)F)cc1. The van der Waals surface area contributed by atoms with Crippen LogP contribution in [0, 0.1) is 0 Å². The number of benzene rings is 2. The van der Waals surface area contributed by atoms with Gasteiger partial charge in [-0.15, -0.1) is 0 Å². The molecule has 9 heteroatoms. The van der Waals surface area contributed by atoms with Gasteiger partial charge in [0.2, 0.25) is 11.8 Å². The van der Waals surface area contributed by atoms with Crippen LogP contribution in [0.2, 0.25) is 10.0 Å². The van der Waals surface area contributed by atoms with E-state index in [0.29, 0.717) is 5.56 Å². The van der Waals surface area contributed by atoms with Gasteiger partial charge in [0.1, 0.15) is 5.75 Å². The van der Waals surface area contributed by atoms with Gasteiger partial charge in [-0.2, -0.15) is 8.78 Å². The van der Waals surface area contributed by atoms with Crippen LogP contribution in [0.1, 0.15) is 5.56 Å². The first-order valence-electron chi connectivity index (χ1n) is 7.78. The van der Waals surface area contributed by atoms with Crippen LogP contribution < -0.4 is 10.1 Å². The van der Waals surface area contributed by atoms with Crippen molar-refractivity contribution in [3.05, 3.63) is 58.1 Å². The molecule has 0 saturated heterocycles. The Morgan fingerprint density at radius 2 is 1.70 bits per heavy atom. The molecule has 27 heavy (non-hydrogen) atoms. The summed E-state index contributed by atoms with van der Waals surface area (Å²) in [6.45, 7) is -3.11. The monoisotopic (exact) mass is 416 g/mol. The van der Waals surface area contributed by atoms with Crippen LogP contribution >= 0.6 is 23.2 Å². The van der Waals surface area contributed by atoms with E-state index in [9.17, 15) is 18.4 Å². The second kappa shape index (κ2) is 9.53. The molecule has 2 aromatic carbocycles. The lowest BCUT2D eigenvalue weighted by atomic mass is 10.1. The van der Waals surface area contributed by atoms with Crippen LogP contribution in [0.15, 0.2) is 42.5 Å². The van der Waals surface area contributed by atoms with E-state index in [2.05, 4.69) is 10.1 Å². The fourth-order valence-electron chi connectivity index (χ4n) is 2.20. The number of anilines is 1. The van der Waals surface area contributed by atoms with Crippen LogP contribution in [0.4, 0.5) is 14.5 Å². The Labute approximate surface area is 164 Å². The summed E-state index contributed by atoms with van der Waals surface area (Å²) in [6, 6.07) is 10.5. The molecule has 5 nitrogen and oxygen atoms in total. The minimum atomic E-state index is -2.91. The number of hydrogen-bond donors (Lipinski definition) is 1. The highest BCUT2D eigenvalue weighted by Crippen LogP contribution is 2.29. The summed E-state index contributed by atoms with van der Waals surface area (Å²) < 4.78 is 28.5. The Morgan fingerprint density at radius 3 is 2.26 bits per heavy atom. The van der Waals surface area contributed by atoms with Crippen molar-refractivity contribution in [2.24, 2.45) is 0 Å². The van der Waals surface area contributed by atoms with Crippen molar-refractivity contribution in [2.45, 2.75) is 13.0 Å². The number of ether oxygens (including phenoxy) is 1. The van der Waals surface area contributed by atoms with Crippen molar-refractivity contribution in [3.63, 3.8) is 0 Å². The molecule has 0 atom stereocenters. The minimum Gasteiger partial charge on any atom is -0.435 e. The van der Waals surface area contributed by atoms with Gasteiger partial charge in [-0.1, -0.05) is 41.4 Å². The molecule has 0 aliphatic rings. The highest BCUT2D eigenvalue weighted by Gasteiger charge is 2.16. The Bertz CT molecular complexity index is 797. The molecule has 0 saturated carbocycles. The minimum absolute atomic E-state index is 0.00514. The number of para-hydroxylation sites is 1. The van der Waals surface area contributed by atoms with Crippen LogP contribution in [-0.4, -0.2) is 36.9 Å². The van der Waals surface area contributed by atoms with Gasteiger partial charge in [0.15, 0.2) is 0 Å². The van der Waals surface area contributed by atoms with Crippen molar-refractivity contribution >= 4 is 40.7 Å². The third kappa shape index (κ3) is 6.37. The number of rotatable bonds is 7. The Morgan fingerprint density at radius 1 is 1.11 bits per heavy atom. The van der Waals surface area contributed by atoms with Gasteiger partial charge in [-0.3, -0.25) is 9.59 Å². The number of nitrogens with zero attached hydrogens (tertiary/aromatic N) is 1. The molecular formula is C18H16Cl2F2N2O3. The van der Waals surface area contributed by atoms with E-state index in [4.69, 9.17) is 23.2 Å². The van der Waals surface area contributed by atoms with Crippen LogP contribution in [-0.2, 0) is 16.0 Å². The summed E-state index contributed by atoms with van der Waals surface area (Å²) in [6.07, 6.45) is 0.00554. The maximum absolute atomic E-state index is 12.2. The summed E-state index contributed by atoms with van der Waals surface area (Å²) in [5, 5.41) is 3.15. The average molecular weight is 417 g/mol. The Kier molecular flexibility index (Phi) is 7.38. The van der Waals surface area contributed by atoms with E-state index < -0.39 is 12.5 Å². The van der Waals surface area contributed by atoms with E-state index in [1.165, 1.54) is 36.2 Å². The van der Waals surface area contributed by atoms with Gasteiger partial charge < -0.3 is 15.0 Å². The second-order valence-electron chi connectivity index (χ2n) is 5.59. The summed E-state index contributed by atoms with van der Waals surface area (Å²) in [4.78, 5) is 25.6. The Balaban J connectivity index is 1.90. The number of carbonyl (C=O) groups is 2. The topological polar surface area (TPSA) is 58.6 Å². The van der Waals surface area contributed by atoms with Crippen molar-refractivity contribution in [3.8, 4) is 5.75 Å². The smallest absolute Gasteiger partial charge is 0.387 e. The number of likely N-dealkylation sites (N-methyl/N-ethyl adjacent to an activating group) is 1. The third-order valence-corrected chi connectivity index (χ3v) is 4.17. The number of carbonyl (C=O) groups excluding carboxylic acids is 2. The number of amides is 2. The quantitative estimate of drug-likeness (QED) is 0.734. The molecule has 0 heterocycles. The fourth-order valence-corrected chi connectivity index (χ4v) is 2.69. The summed E-state index contributed by atoms with van der Waals surface area (Å²) >= 11 is 12.0. The number of hydrogen-bond acceptors (Lipinski definition) is 3. The van der Waals surface area contributed by atoms with Crippen LogP contribution in [0.25, 0.3) is 0 Å². The number of alkyl halides is 2. The summed E-state index contributed by atoms with van der Waals surface area (Å²) in [7, 11) is 1.48. The first-order chi connectivity index (χ1) is 12.8. The molecule has 0 unspecified atom stereocenters. The Hall–Kier alpha value is -2.38. The normalized spacial score (nSPS) is 10.6. The second-order valence-corrected chi connectivity index (χ2v) is 6.41. The van der Waals surface area contributed by atoms with Gasteiger partial charge in [0, 0.05) is 7.05 Å². The van der Waals surface area contributed by atoms with Gasteiger partial charge >= 0.3 is 6.61 Å². The lowest BCUT2D eigenvalue weighted by Gasteiger charge is -2.17. The van der Waals surface area contributed by atoms with E-state index in [0.717, 1.165) is 0 Å².